The molecule has 2 rings (SSSR count). The number of halogens is 6. The van der Waals surface area contributed by atoms with Crippen LogP contribution in [0, 0.1) is 0 Å². The first-order valence-corrected chi connectivity index (χ1v) is 24.7. The van der Waals surface area contributed by atoms with Gasteiger partial charge in [0.15, 0.2) is 0 Å². The summed E-state index contributed by atoms with van der Waals surface area (Å²) in [6, 6.07) is 4.19. The minimum Gasteiger partial charge on any atom is -0.224 e. The molecule has 1 heterocycles. The first-order chi connectivity index (χ1) is 7.92. The SMILES string of the molecule is [Cl][Sb-]([Cl])([Cl])([Cl])([Cl])[Cl].c1cc(C2CCCC2)cc[o+]1. The van der Waals surface area contributed by atoms with Crippen molar-refractivity contribution in [3.05, 3.63) is 30.2 Å². The molecule has 1 nitrogen and oxygen atoms in total. The number of hydrogen-bond acceptors (Lipinski definition) is 0. The minimum absolute atomic E-state index is 0.811. The first-order valence-electron chi connectivity index (χ1n) is 5.33. The van der Waals surface area contributed by atoms with Gasteiger partial charge in [-0.2, -0.15) is 0 Å². The molecule has 0 N–H and O–H groups in total. The van der Waals surface area contributed by atoms with E-state index >= 15 is 0 Å². The zero-order chi connectivity index (χ0) is 13.9. The van der Waals surface area contributed by atoms with Gasteiger partial charge in [-0.1, -0.05) is 12.8 Å². The summed E-state index contributed by atoms with van der Waals surface area (Å²) in [6.07, 6.45) is 9.07. The Bertz CT molecular complexity index is 369. The van der Waals surface area contributed by atoms with E-state index in [1.807, 2.05) is 0 Å². The molecule has 0 spiro atoms. The molecule has 1 aromatic rings. The maximum Gasteiger partial charge on any atom is 0.318 e. The van der Waals surface area contributed by atoms with Crippen molar-refractivity contribution >= 4 is 62.1 Å². The van der Waals surface area contributed by atoms with Crippen LogP contribution in [0.5, 0.6) is 0 Å². The van der Waals surface area contributed by atoms with Crippen LogP contribution < -0.4 is 0 Å². The van der Waals surface area contributed by atoms with E-state index in [4.69, 9.17) is 57.4 Å². The third-order valence-electron chi connectivity index (χ3n) is 2.50. The average molecular weight is 484 g/mol. The molecule has 1 aliphatic rings. The van der Waals surface area contributed by atoms with Crippen molar-refractivity contribution in [2.24, 2.45) is 0 Å². The van der Waals surface area contributed by atoms with Gasteiger partial charge in [-0.25, -0.2) is 4.42 Å². The van der Waals surface area contributed by atoms with E-state index in [0.29, 0.717) is 0 Å². The molecule has 0 saturated heterocycles. The molecule has 18 heavy (non-hydrogen) atoms. The largest absolute Gasteiger partial charge is 0.318 e. The summed E-state index contributed by atoms with van der Waals surface area (Å²) in [4.78, 5) is 0. The van der Waals surface area contributed by atoms with Gasteiger partial charge in [0.25, 0.3) is 0 Å². The van der Waals surface area contributed by atoms with Gasteiger partial charge in [0.2, 0.25) is 0 Å². The quantitative estimate of drug-likeness (QED) is 0.310. The van der Waals surface area contributed by atoms with Crippen molar-refractivity contribution in [2.45, 2.75) is 31.6 Å². The fraction of sp³-hybridized carbons (Fsp3) is 0.500. The van der Waals surface area contributed by atoms with Gasteiger partial charge in [-0.05, 0) is 24.3 Å². The summed E-state index contributed by atoms with van der Waals surface area (Å²) in [5.41, 5.74) is 1.45. The molecule has 0 radical (unpaired) electrons. The summed E-state index contributed by atoms with van der Waals surface area (Å²) in [5, 5.41) is 0. The fourth-order valence-corrected chi connectivity index (χ4v) is 1.87. The Labute approximate surface area is 127 Å². The summed E-state index contributed by atoms with van der Waals surface area (Å²) >= 11 is 0. The van der Waals surface area contributed by atoms with Crippen molar-refractivity contribution in [3.8, 4) is 0 Å². The third-order valence-corrected chi connectivity index (χ3v) is 2.50. The molecule has 106 valence electrons. The first kappa shape index (κ1) is 17.8. The van der Waals surface area contributed by atoms with Gasteiger partial charge in [-0.3, -0.25) is 0 Å². The molecule has 1 saturated carbocycles. The number of hydrogen-bond donors (Lipinski definition) is 0. The van der Waals surface area contributed by atoms with Crippen LogP contribution in [0.15, 0.2) is 29.1 Å². The Morgan fingerprint density at radius 2 is 1.28 bits per heavy atom. The average Bonchev–Trinajstić information content (AvgIpc) is 2.67. The van der Waals surface area contributed by atoms with E-state index in [1.54, 1.807) is 12.5 Å². The zero-order valence-corrected chi connectivity index (χ0v) is 16.4. The predicted octanol–water partition coefficient (Wildman–Crippen LogP) is 6.97. The van der Waals surface area contributed by atoms with Crippen molar-refractivity contribution < 1.29 is 4.42 Å². The van der Waals surface area contributed by atoms with Crippen LogP contribution in [-0.2, 0) is 0 Å². The fourth-order valence-electron chi connectivity index (χ4n) is 1.87. The van der Waals surface area contributed by atoms with Gasteiger partial charge in [0, 0.05) is 12.1 Å². The summed E-state index contributed by atoms with van der Waals surface area (Å²) in [7, 11) is 25.0. The van der Waals surface area contributed by atoms with Crippen LogP contribution in [0.4, 0.5) is 0 Å². The van der Waals surface area contributed by atoms with Crippen LogP contribution in [0.25, 0.3) is 0 Å². The molecule has 0 bridgehead atoms. The monoisotopic (exact) mass is 480 g/mol. The smallest absolute Gasteiger partial charge is 0.224 e. The second kappa shape index (κ2) is 5.83. The van der Waals surface area contributed by atoms with E-state index in [9.17, 15) is 0 Å². The van der Waals surface area contributed by atoms with Crippen molar-refractivity contribution in [3.63, 3.8) is 0 Å². The zero-order valence-electron chi connectivity index (χ0n) is 9.34. The summed E-state index contributed by atoms with van der Waals surface area (Å²) in [5.74, 6) is 0.811. The van der Waals surface area contributed by atoms with Crippen molar-refractivity contribution in [2.75, 3.05) is 0 Å². The van der Waals surface area contributed by atoms with E-state index < -0.39 is 9.14 Å². The molecule has 0 amide bonds. The van der Waals surface area contributed by atoms with E-state index in [2.05, 4.69) is 12.1 Å². The van der Waals surface area contributed by atoms with E-state index in [1.165, 1.54) is 31.2 Å². The predicted molar refractivity (Wildman–Crippen MR) is 85.2 cm³/mol. The van der Waals surface area contributed by atoms with Crippen LogP contribution in [0.1, 0.15) is 37.2 Å². The summed E-state index contributed by atoms with van der Waals surface area (Å²) < 4.78 is 4.98. The third kappa shape index (κ3) is 11.5. The Morgan fingerprint density at radius 3 is 1.67 bits per heavy atom. The second-order valence-electron chi connectivity index (χ2n) is 4.18. The van der Waals surface area contributed by atoms with Gasteiger partial charge in [0.05, 0.1) is 0 Å². The van der Waals surface area contributed by atoms with Crippen LogP contribution in [0.2, 0.25) is 0 Å². The Balaban J connectivity index is 0.000000203. The maximum atomic E-state index is 5.06. The molecule has 1 aromatic heterocycles. The molecule has 0 aromatic carbocycles. The Hall–Kier alpha value is 1.71. The molecular formula is C10H13Cl6OSb. The number of rotatable bonds is 1. The van der Waals surface area contributed by atoms with Crippen LogP contribution in [-0.4, -0.2) is 9.14 Å². The molecule has 8 heteroatoms. The van der Waals surface area contributed by atoms with Gasteiger partial charge < -0.3 is 0 Å². The van der Waals surface area contributed by atoms with Crippen molar-refractivity contribution in [1.82, 2.24) is 0 Å². The molecule has 1 aliphatic carbocycles. The van der Waals surface area contributed by atoms with Crippen LogP contribution in [0.3, 0.4) is 0 Å². The van der Waals surface area contributed by atoms with Crippen LogP contribution >= 0.6 is 53.0 Å². The minimum atomic E-state index is -5.42. The van der Waals surface area contributed by atoms with E-state index in [0.717, 1.165) is 5.92 Å². The Morgan fingerprint density at radius 1 is 0.889 bits per heavy atom. The Kier molecular flexibility index (Phi) is 5.76. The van der Waals surface area contributed by atoms with Crippen molar-refractivity contribution in [1.29, 1.82) is 0 Å². The van der Waals surface area contributed by atoms with Gasteiger partial charge >= 0.3 is 74.6 Å². The molecule has 0 unspecified atom stereocenters. The van der Waals surface area contributed by atoms with E-state index in [-0.39, 0.29) is 0 Å². The molecule has 1 fully saturated rings. The van der Waals surface area contributed by atoms with Gasteiger partial charge in [-0.15, -0.1) is 0 Å². The standard InChI is InChI=1S/C10H13O.6ClH.Sb/c1-2-4-9(3-1)10-5-7-11-8-6-10;;;;;;;/h5-9H,1-4H2;6*1H;/q+1;;;;;;;+5/p-6. The molecule has 0 atom stereocenters. The topological polar surface area (TPSA) is 11.3 Å². The van der Waals surface area contributed by atoms with Gasteiger partial charge in [0.1, 0.15) is 0 Å². The molecule has 0 aliphatic heterocycles. The normalized spacial score (nSPS) is 20.6. The summed E-state index contributed by atoms with van der Waals surface area (Å²) in [6.45, 7) is 0. The second-order valence-corrected chi connectivity index (χ2v) is 61.1. The molecular weight excluding hydrogens is 471 g/mol. The maximum absolute atomic E-state index is 5.42.